The number of hydrogen-bond acceptors (Lipinski definition) is 4. The molecule has 1 rings (SSSR count). The van der Waals surface area contributed by atoms with Crippen LogP contribution in [0, 0.1) is 0 Å². The van der Waals surface area contributed by atoms with Crippen molar-refractivity contribution in [1.29, 1.82) is 0 Å². The van der Waals surface area contributed by atoms with E-state index < -0.39 is 0 Å². The molecular weight excluding hydrogens is 258 g/mol. The van der Waals surface area contributed by atoms with E-state index in [0.29, 0.717) is 17.4 Å². The van der Waals surface area contributed by atoms with Crippen molar-refractivity contribution in [2.75, 3.05) is 19.4 Å². The molecule has 0 aliphatic heterocycles. The van der Waals surface area contributed by atoms with Crippen molar-refractivity contribution in [2.45, 2.75) is 18.4 Å². The van der Waals surface area contributed by atoms with E-state index in [2.05, 4.69) is 5.32 Å². The van der Waals surface area contributed by atoms with Crippen LogP contribution in [0.5, 0.6) is 0 Å². The van der Waals surface area contributed by atoms with E-state index in [-0.39, 0.29) is 5.97 Å². The molecule has 0 saturated heterocycles. The van der Waals surface area contributed by atoms with Gasteiger partial charge >= 0.3 is 5.97 Å². The molecule has 0 fully saturated rings. The Bertz CT molecular complexity index is 385. The lowest BCUT2D eigenvalue weighted by Crippen LogP contribution is -2.09. The minimum atomic E-state index is -0.192. The molecular formula is C12H16ClNO2S. The maximum atomic E-state index is 11.3. The summed E-state index contributed by atoms with van der Waals surface area (Å²) in [6, 6.07) is 5.67. The molecule has 17 heavy (non-hydrogen) atoms. The first-order valence-corrected chi connectivity index (χ1v) is 6.75. The van der Waals surface area contributed by atoms with E-state index in [9.17, 15) is 4.79 Å². The Morgan fingerprint density at radius 1 is 1.53 bits per heavy atom. The molecule has 0 unspecified atom stereocenters. The van der Waals surface area contributed by atoms with E-state index in [1.54, 1.807) is 6.92 Å². The van der Waals surface area contributed by atoms with Crippen molar-refractivity contribution >= 4 is 29.3 Å². The van der Waals surface area contributed by atoms with Gasteiger partial charge in [0.1, 0.15) is 0 Å². The predicted octanol–water partition coefficient (Wildman–Crippen LogP) is 2.71. The summed E-state index contributed by atoms with van der Waals surface area (Å²) in [5.74, 6) is 0.134. The topological polar surface area (TPSA) is 38.3 Å². The van der Waals surface area contributed by atoms with Gasteiger partial charge in [0.25, 0.3) is 0 Å². The van der Waals surface area contributed by atoms with Crippen LogP contribution in [-0.4, -0.2) is 25.4 Å². The van der Waals surface area contributed by atoms with Gasteiger partial charge < -0.3 is 10.1 Å². The van der Waals surface area contributed by atoms with Crippen molar-refractivity contribution < 1.29 is 9.53 Å². The molecule has 0 aliphatic carbocycles. The number of rotatable bonds is 6. The first kappa shape index (κ1) is 14.4. The van der Waals surface area contributed by atoms with E-state index in [4.69, 9.17) is 16.3 Å². The van der Waals surface area contributed by atoms with Crippen molar-refractivity contribution in [3.63, 3.8) is 0 Å². The fourth-order valence-electron chi connectivity index (χ4n) is 1.36. The van der Waals surface area contributed by atoms with Gasteiger partial charge in [-0.25, -0.2) is 0 Å². The van der Waals surface area contributed by atoms with Gasteiger partial charge in [-0.05, 0) is 37.7 Å². The number of nitrogens with one attached hydrogen (secondary N) is 1. The van der Waals surface area contributed by atoms with E-state index >= 15 is 0 Å². The summed E-state index contributed by atoms with van der Waals surface area (Å²) in [5, 5.41) is 3.78. The maximum Gasteiger partial charge on any atom is 0.316 e. The summed E-state index contributed by atoms with van der Waals surface area (Å²) in [5.41, 5.74) is 1.09. The normalized spacial score (nSPS) is 10.3. The zero-order valence-corrected chi connectivity index (χ0v) is 11.5. The van der Waals surface area contributed by atoms with Crippen molar-refractivity contribution in [1.82, 2.24) is 5.32 Å². The minimum absolute atomic E-state index is 0.192. The lowest BCUT2D eigenvalue weighted by atomic mass is 10.2. The number of benzene rings is 1. The number of halogens is 1. The molecule has 0 amide bonds. The smallest absolute Gasteiger partial charge is 0.316 e. The van der Waals surface area contributed by atoms with Crippen molar-refractivity contribution in [3.8, 4) is 0 Å². The fourth-order valence-corrected chi connectivity index (χ4v) is 2.39. The number of esters is 1. The van der Waals surface area contributed by atoms with Crippen LogP contribution in [0.1, 0.15) is 12.5 Å². The molecule has 0 spiro atoms. The summed E-state index contributed by atoms with van der Waals surface area (Å²) >= 11 is 7.41. The van der Waals surface area contributed by atoms with Crippen LogP contribution in [-0.2, 0) is 16.1 Å². The molecule has 5 heteroatoms. The second-order valence-corrected chi connectivity index (χ2v) is 4.83. The number of hydrogen-bond donors (Lipinski definition) is 1. The minimum Gasteiger partial charge on any atom is -0.465 e. The highest BCUT2D eigenvalue weighted by atomic mass is 35.5. The lowest BCUT2D eigenvalue weighted by Gasteiger charge is -2.09. The van der Waals surface area contributed by atoms with E-state index in [0.717, 1.165) is 17.0 Å². The van der Waals surface area contributed by atoms with Crippen LogP contribution in [0.15, 0.2) is 23.1 Å². The van der Waals surface area contributed by atoms with Crippen LogP contribution in [0.2, 0.25) is 5.02 Å². The Balaban J connectivity index is 2.66. The molecule has 3 nitrogen and oxygen atoms in total. The van der Waals surface area contributed by atoms with Crippen LogP contribution >= 0.6 is 23.4 Å². The first-order chi connectivity index (χ1) is 8.17. The van der Waals surface area contributed by atoms with Crippen LogP contribution in [0.3, 0.4) is 0 Å². The van der Waals surface area contributed by atoms with Gasteiger partial charge in [0.05, 0.1) is 12.4 Å². The molecule has 1 aromatic carbocycles. The predicted molar refractivity (Wildman–Crippen MR) is 71.6 cm³/mol. The summed E-state index contributed by atoms with van der Waals surface area (Å²) in [6.45, 7) is 2.95. The van der Waals surface area contributed by atoms with Crippen LogP contribution in [0.4, 0.5) is 0 Å². The largest absolute Gasteiger partial charge is 0.465 e. The Morgan fingerprint density at radius 3 is 2.94 bits per heavy atom. The third-order valence-electron chi connectivity index (χ3n) is 2.04. The molecule has 94 valence electrons. The summed E-state index contributed by atoms with van der Waals surface area (Å²) < 4.78 is 4.89. The maximum absolute atomic E-state index is 11.3. The average Bonchev–Trinajstić information content (AvgIpc) is 2.29. The zero-order valence-electron chi connectivity index (χ0n) is 9.96. The third kappa shape index (κ3) is 4.98. The molecule has 0 atom stereocenters. The van der Waals surface area contributed by atoms with Gasteiger partial charge in [0, 0.05) is 16.5 Å². The number of thioether (sulfide) groups is 1. The highest BCUT2D eigenvalue weighted by Gasteiger charge is 2.07. The van der Waals surface area contributed by atoms with Gasteiger partial charge in [-0.2, -0.15) is 0 Å². The molecule has 1 N–H and O–H groups in total. The average molecular weight is 274 g/mol. The summed E-state index contributed by atoms with van der Waals surface area (Å²) in [4.78, 5) is 12.3. The molecule has 0 aromatic heterocycles. The monoisotopic (exact) mass is 273 g/mol. The quantitative estimate of drug-likeness (QED) is 0.639. The molecule has 0 radical (unpaired) electrons. The zero-order chi connectivity index (χ0) is 12.7. The molecule has 0 saturated carbocycles. The van der Waals surface area contributed by atoms with Gasteiger partial charge in [0.15, 0.2) is 0 Å². The highest BCUT2D eigenvalue weighted by Crippen LogP contribution is 2.25. The summed E-state index contributed by atoms with van der Waals surface area (Å²) in [6.07, 6.45) is 0. The third-order valence-corrected chi connectivity index (χ3v) is 3.37. The standard InChI is InChI=1S/C12H16ClNO2S/c1-3-16-12(15)8-17-11-5-4-10(13)6-9(11)7-14-2/h4-6,14H,3,7-8H2,1-2H3. The molecule has 0 heterocycles. The van der Waals surface area contributed by atoms with Gasteiger partial charge in [0.2, 0.25) is 0 Å². The Kier molecular flexibility index (Phi) is 6.40. The van der Waals surface area contributed by atoms with Gasteiger partial charge in [-0.15, -0.1) is 11.8 Å². The molecule has 1 aromatic rings. The van der Waals surface area contributed by atoms with Gasteiger partial charge in [-0.3, -0.25) is 4.79 Å². The Hall–Kier alpha value is -0.710. The number of ether oxygens (including phenoxy) is 1. The van der Waals surface area contributed by atoms with Crippen molar-refractivity contribution in [3.05, 3.63) is 28.8 Å². The first-order valence-electron chi connectivity index (χ1n) is 5.38. The van der Waals surface area contributed by atoms with E-state index in [1.807, 2.05) is 25.2 Å². The molecule has 0 bridgehead atoms. The second kappa shape index (κ2) is 7.58. The Labute approximate surface area is 111 Å². The van der Waals surface area contributed by atoms with Gasteiger partial charge in [-0.1, -0.05) is 11.6 Å². The Morgan fingerprint density at radius 2 is 2.29 bits per heavy atom. The van der Waals surface area contributed by atoms with Crippen LogP contribution in [0.25, 0.3) is 0 Å². The highest BCUT2D eigenvalue weighted by molar-refractivity contribution is 8.00. The second-order valence-electron chi connectivity index (χ2n) is 3.38. The number of carbonyl (C=O) groups excluding carboxylic acids is 1. The lowest BCUT2D eigenvalue weighted by molar-refractivity contribution is -0.139. The number of carbonyl (C=O) groups is 1. The SMILES string of the molecule is CCOC(=O)CSc1ccc(Cl)cc1CNC. The van der Waals surface area contributed by atoms with Crippen molar-refractivity contribution in [2.24, 2.45) is 0 Å². The molecule has 0 aliphatic rings. The fraction of sp³-hybridized carbons (Fsp3) is 0.417. The van der Waals surface area contributed by atoms with Crippen LogP contribution < -0.4 is 5.32 Å². The summed E-state index contributed by atoms with van der Waals surface area (Å²) in [7, 11) is 1.88. The van der Waals surface area contributed by atoms with E-state index in [1.165, 1.54) is 11.8 Å².